The van der Waals surface area contributed by atoms with Gasteiger partial charge in [0.25, 0.3) is 0 Å². The summed E-state index contributed by atoms with van der Waals surface area (Å²) in [6, 6.07) is 2.05. The molecule has 0 unspecified atom stereocenters. The molecule has 1 aromatic heterocycles. The van der Waals surface area contributed by atoms with Gasteiger partial charge >= 0.3 is 0 Å². The van der Waals surface area contributed by atoms with Gasteiger partial charge in [0.15, 0.2) is 0 Å². The van der Waals surface area contributed by atoms with Gasteiger partial charge in [0.2, 0.25) is 0 Å². The molecule has 2 aliphatic heterocycles. The molecule has 0 amide bonds. The van der Waals surface area contributed by atoms with E-state index in [0.717, 1.165) is 69.1 Å². The molecule has 3 rings (SSSR count). The fourth-order valence-corrected chi connectivity index (χ4v) is 4.31. The molecule has 0 saturated carbocycles. The number of rotatable bonds is 8. The Morgan fingerprint density at radius 3 is 2.08 bits per heavy atom. The Bertz CT molecular complexity index is 537. The highest BCUT2D eigenvalue weighted by Gasteiger charge is 2.07. The molecule has 0 spiro atoms. The summed E-state index contributed by atoms with van der Waals surface area (Å²) in [5.41, 5.74) is 0. The lowest BCUT2D eigenvalue weighted by Crippen LogP contribution is -2.32. The molecular weight excluding hydrogens is 368 g/mol. The first-order valence-electron chi connectivity index (χ1n) is 8.96. The molecule has 2 saturated heterocycles. The van der Waals surface area contributed by atoms with E-state index in [9.17, 15) is 0 Å². The third kappa shape index (κ3) is 6.83. The molecule has 0 bridgehead atoms. The maximum atomic E-state index is 5.36. The highest BCUT2D eigenvalue weighted by atomic mass is 32.2. The molecule has 0 N–H and O–H groups in total. The summed E-state index contributed by atoms with van der Waals surface area (Å²) in [4.78, 5) is 5.80. The highest BCUT2D eigenvalue weighted by Crippen LogP contribution is 2.28. The average molecular weight is 395 g/mol. The van der Waals surface area contributed by atoms with Crippen LogP contribution in [0, 0.1) is 0 Å². The zero-order valence-electron chi connectivity index (χ0n) is 15.0. The number of hydrogen-bond acceptors (Lipinski definition) is 8. The van der Waals surface area contributed by atoms with Gasteiger partial charge in [0, 0.05) is 42.6 Å². The van der Waals surface area contributed by atoms with Gasteiger partial charge in [-0.3, -0.25) is 0 Å². The summed E-state index contributed by atoms with van der Waals surface area (Å²) < 4.78 is 10.7. The van der Waals surface area contributed by atoms with Crippen molar-refractivity contribution >= 4 is 23.5 Å². The van der Waals surface area contributed by atoms with E-state index in [-0.39, 0.29) is 0 Å². The second-order valence-electron chi connectivity index (χ2n) is 5.89. The summed E-state index contributed by atoms with van der Waals surface area (Å²) in [5, 5.41) is 9.35. The minimum atomic E-state index is 0.820. The maximum absolute atomic E-state index is 5.36. The van der Waals surface area contributed by atoms with Crippen LogP contribution in [0.3, 0.4) is 0 Å². The zero-order chi connectivity index (χ0) is 17.9. The quantitative estimate of drug-likeness (QED) is 0.623. The smallest absolute Gasteiger partial charge is 0.133 e. The molecule has 0 aromatic carbocycles. The van der Waals surface area contributed by atoms with Crippen LogP contribution in [0.5, 0.6) is 0 Å². The number of nitrogens with zero attached hydrogens (tertiary/aromatic N) is 4. The van der Waals surface area contributed by atoms with Gasteiger partial charge in [0.05, 0.1) is 32.6 Å². The predicted octanol–water partition coefficient (Wildman–Crippen LogP) is 2.35. The fourth-order valence-electron chi connectivity index (χ4n) is 2.62. The molecule has 26 heavy (non-hydrogen) atoms. The second kappa shape index (κ2) is 11.5. The topological polar surface area (TPSA) is 50.7 Å². The molecule has 6 nitrogen and oxygen atoms in total. The van der Waals surface area contributed by atoms with Crippen LogP contribution in [0.1, 0.15) is 0 Å². The van der Waals surface area contributed by atoms with Crippen molar-refractivity contribution in [2.24, 2.45) is 0 Å². The molecule has 0 radical (unpaired) electrons. The standard InChI is InChI=1S/C18H26N4O2S2/c1(5-21-7-11-23-12-8-21)15-25-17-3-4-19-20-18(17)26-16-2-6-22-9-13-24-14-10-22/h1-6H,7-16H2. The van der Waals surface area contributed by atoms with Crippen molar-refractivity contribution < 1.29 is 9.47 Å². The van der Waals surface area contributed by atoms with Crippen LogP contribution in [0.2, 0.25) is 0 Å². The van der Waals surface area contributed by atoms with Gasteiger partial charge < -0.3 is 19.3 Å². The van der Waals surface area contributed by atoms with Crippen molar-refractivity contribution in [3.8, 4) is 0 Å². The van der Waals surface area contributed by atoms with Crippen LogP contribution < -0.4 is 0 Å². The summed E-state index contributed by atoms with van der Waals surface area (Å²) in [7, 11) is 0. The van der Waals surface area contributed by atoms with Crippen molar-refractivity contribution in [1.82, 2.24) is 20.0 Å². The summed E-state index contributed by atoms with van der Waals surface area (Å²) in [6.45, 7) is 7.20. The van der Waals surface area contributed by atoms with E-state index >= 15 is 0 Å². The molecule has 8 heteroatoms. The van der Waals surface area contributed by atoms with Crippen LogP contribution >= 0.6 is 23.5 Å². The molecule has 142 valence electrons. The number of hydrogen-bond donors (Lipinski definition) is 0. The first-order valence-corrected chi connectivity index (χ1v) is 10.9. The van der Waals surface area contributed by atoms with E-state index in [0.29, 0.717) is 0 Å². The van der Waals surface area contributed by atoms with Crippen LogP contribution in [0.25, 0.3) is 0 Å². The first-order chi connectivity index (χ1) is 12.9. The van der Waals surface area contributed by atoms with Gasteiger partial charge in [-0.1, -0.05) is 23.9 Å². The lowest BCUT2D eigenvalue weighted by atomic mass is 10.4. The lowest BCUT2D eigenvalue weighted by molar-refractivity contribution is 0.0593. The van der Waals surface area contributed by atoms with Gasteiger partial charge in [-0.25, -0.2) is 0 Å². The second-order valence-corrected chi connectivity index (χ2v) is 7.96. The Hall–Kier alpha value is -1.22. The molecule has 3 heterocycles. The predicted molar refractivity (Wildman–Crippen MR) is 107 cm³/mol. The molecule has 0 aliphatic carbocycles. The van der Waals surface area contributed by atoms with Crippen molar-refractivity contribution in [3.63, 3.8) is 0 Å². The third-order valence-corrected chi connectivity index (χ3v) is 6.09. The van der Waals surface area contributed by atoms with Crippen LogP contribution in [0.4, 0.5) is 0 Å². The van der Waals surface area contributed by atoms with E-state index in [1.165, 1.54) is 4.90 Å². The minimum Gasteiger partial charge on any atom is -0.378 e. The van der Waals surface area contributed by atoms with Gasteiger partial charge in [-0.2, -0.15) is 5.10 Å². The Balaban J connectivity index is 1.41. The van der Waals surface area contributed by atoms with E-state index in [1.807, 2.05) is 6.07 Å². The largest absolute Gasteiger partial charge is 0.378 e. The highest BCUT2D eigenvalue weighted by molar-refractivity contribution is 8.02. The summed E-state index contributed by atoms with van der Waals surface area (Å²) in [5.74, 6) is 1.83. The van der Waals surface area contributed by atoms with E-state index in [2.05, 4.69) is 44.5 Å². The van der Waals surface area contributed by atoms with Crippen LogP contribution in [0.15, 0.2) is 46.7 Å². The van der Waals surface area contributed by atoms with E-state index < -0.39 is 0 Å². The third-order valence-electron chi connectivity index (χ3n) is 4.03. The fraction of sp³-hybridized carbons (Fsp3) is 0.556. The van der Waals surface area contributed by atoms with E-state index in [4.69, 9.17) is 9.47 Å². The first kappa shape index (κ1) is 19.5. The number of morpholine rings is 2. The summed E-state index contributed by atoms with van der Waals surface area (Å²) >= 11 is 3.53. The maximum Gasteiger partial charge on any atom is 0.133 e. The van der Waals surface area contributed by atoms with E-state index in [1.54, 1.807) is 29.7 Å². The van der Waals surface area contributed by atoms with Crippen LogP contribution in [-0.4, -0.2) is 84.1 Å². The molecule has 1 aromatic rings. The number of thioether (sulfide) groups is 2. The normalized spacial score (nSPS) is 18.9. The Morgan fingerprint density at radius 2 is 1.46 bits per heavy atom. The molecule has 0 atom stereocenters. The van der Waals surface area contributed by atoms with Gasteiger partial charge in [-0.05, 0) is 18.5 Å². The minimum absolute atomic E-state index is 0.820. The van der Waals surface area contributed by atoms with Crippen molar-refractivity contribution in [2.75, 3.05) is 64.1 Å². The van der Waals surface area contributed by atoms with Crippen LogP contribution in [-0.2, 0) is 9.47 Å². The van der Waals surface area contributed by atoms with Gasteiger partial charge in [0.1, 0.15) is 5.03 Å². The molecular formula is C18H26N4O2S2. The van der Waals surface area contributed by atoms with Gasteiger partial charge in [-0.15, -0.1) is 16.9 Å². The summed E-state index contributed by atoms with van der Waals surface area (Å²) in [6.07, 6.45) is 10.5. The number of ether oxygens (including phenoxy) is 2. The monoisotopic (exact) mass is 394 g/mol. The van der Waals surface area contributed by atoms with Crippen molar-refractivity contribution in [2.45, 2.75) is 9.92 Å². The molecule has 2 aliphatic rings. The average Bonchev–Trinajstić information content (AvgIpc) is 2.71. The Morgan fingerprint density at radius 1 is 0.885 bits per heavy atom. The van der Waals surface area contributed by atoms with Crippen molar-refractivity contribution in [1.29, 1.82) is 0 Å². The zero-order valence-corrected chi connectivity index (χ0v) is 16.6. The van der Waals surface area contributed by atoms with Crippen molar-refractivity contribution in [3.05, 3.63) is 36.8 Å². The molecule has 2 fully saturated rings. The lowest BCUT2D eigenvalue weighted by Gasteiger charge is -2.25. The SMILES string of the molecule is C(=CN1CCOCC1)CSc1ccnnc1SCC=CN1CCOCC1. The number of aromatic nitrogens is 2. The Labute approximate surface area is 164 Å². The Kier molecular flexibility index (Phi) is 8.63.